The average molecular weight is 351 g/mol. The van der Waals surface area contributed by atoms with Gasteiger partial charge in [0.1, 0.15) is 5.82 Å². The van der Waals surface area contributed by atoms with Crippen molar-refractivity contribution in [3.63, 3.8) is 0 Å². The Hall–Kier alpha value is -3.02. The van der Waals surface area contributed by atoms with Gasteiger partial charge in [-0.3, -0.25) is 19.3 Å². The van der Waals surface area contributed by atoms with Crippen LogP contribution >= 0.6 is 0 Å². The Morgan fingerprint density at radius 2 is 1.65 bits per heavy atom. The molecule has 1 aromatic heterocycles. The van der Waals surface area contributed by atoms with Gasteiger partial charge in [-0.1, -0.05) is 39.0 Å². The van der Waals surface area contributed by atoms with Gasteiger partial charge in [0.2, 0.25) is 5.91 Å². The highest BCUT2D eigenvalue weighted by atomic mass is 16.2. The molecule has 3 amide bonds. The van der Waals surface area contributed by atoms with Crippen molar-refractivity contribution in [1.29, 1.82) is 0 Å². The smallest absolute Gasteiger partial charge is 0.261 e. The summed E-state index contributed by atoms with van der Waals surface area (Å²) in [6.07, 6.45) is 2.02. The lowest BCUT2D eigenvalue weighted by Crippen LogP contribution is -2.32. The summed E-state index contributed by atoms with van der Waals surface area (Å²) < 4.78 is 0. The van der Waals surface area contributed by atoms with Crippen molar-refractivity contribution in [3.05, 3.63) is 59.3 Å². The number of hydrogen-bond donors (Lipinski definition) is 1. The van der Waals surface area contributed by atoms with Crippen LogP contribution in [0, 0.1) is 5.41 Å². The van der Waals surface area contributed by atoms with Gasteiger partial charge in [0, 0.05) is 18.2 Å². The number of carbonyl (C=O) groups excluding carboxylic acids is 3. The van der Waals surface area contributed by atoms with Gasteiger partial charge in [0.15, 0.2) is 0 Å². The Kier molecular flexibility index (Phi) is 4.59. The van der Waals surface area contributed by atoms with Crippen molar-refractivity contribution in [2.24, 2.45) is 5.41 Å². The first kappa shape index (κ1) is 17.8. The standard InChI is InChI=1S/C20H21N3O3/c1-20(2,3)19(26)22-16-13(7-6-11-21-16)10-12-23-17(24)14-8-4-5-9-15(14)18(23)25/h4-9,11H,10,12H2,1-3H3,(H,21,22,26). The SMILES string of the molecule is CC(C)(C)C(=O)Nc1ncccc1CCN1C(=O)c2ccccc2C1=O. The molecule has 1 aliphatic heterocycles. The topological polar surface area (TPSA) is 79.4 Å². The zero-order chi connectivity index (χ0) is 18.9. The van der Waals surface area contributed by atoms with E-state index in [4.69, 9.17) is 0 Å². The zero-order valence-electron chi connectivity index (χ0n) is 15.1. The summed E-state index contributed by atoms with van der Waals surface area (Å²) >= 11 is 0. The first-order chi connectivity index (χ1) is 12.3. The number of amides is 3. The van der Waals surface area contributed by atoms with Gasteiger partial charge in [0.05, 0.1) is 11.1 Å². The normalized spacial score (nSPS) is 13.7. The van der Waals surface area contributed by atoms with Gasteiger partial charge < -0.3 is 5.32 Å². The number of carbonyl (C=O) groups is 3. The van der Waals surface area contributed by atoms with Gasteiger partial charge >= 0.3 is 0 Å². The lowest BCUT2D eigenvalue weighted by molar-refractivity contribution is -0.123. The van der Waals surface area contributed by atoms with Crippen molar-refractivity contribution in [2.75, 3.05) is 11.9 Å². The minimum absolute atomic E-state index is 0.141. The summed E-state index contributed by atoms with van der Waals surface area (Å²) in [5.41, 5.74) is 1.11. The van der Waals surface area contributed by atoms with E-state index in [0.717, 1.165) is 5.56 Å². The van der Waals surface area contributed by atoms with Crippen LogP contribution in [0.15, 0.2) is 42.6 Å². The van der Waals surface area contributed by atoms with Crippen LogP contribution in [0.5, 0.6) is 0 Å². The van der Waals surface area contributed by atoms with Crippen LogP contribution in [0.2, 0.25) is 0 Å². The Balaban J connectivity index is 1.75. The molecule has 0 atom stereocenters. The summed E-state index contributed by atoms with van der Waals surface area (Å²) in [7, 11) is 0. The number of nitrogens with one attached hydrogen (secondary N) is 1. The van der Waals surface area contributed by atoms with Crippen molar-refractivity contribution >= 4 is 23.5 Å². The van der Waals surface area contributed by atoms with E-state index in [9.17, 15) is 14.4 Å². The lowest BCUT2D eigenvalue weighted by atomic mass is 9.95. The van der Waals surface area contributed by atoms with Crippen molar-refractivity contribution < 1.29 is 14.4 Å². The van der Waals surface area contributed by atoms with E-state index in [-0.39, 0.29) is 24.3 Å². The summed E-state index contributed by atoms with van der Waals surface area (Å²) in [4.78, 5) is 42.6. The molecular formula is C20H21N3O3. The molecular weight excluding hydrogens is 330 g/mol. The van der Waals surface area contributed by atoms with Gasteiger partial charge in [0.25, 0.3) is 11.8 Å². The Morgan fingerprint density at radius 1 is 1.04 bits per heavy atom. The number of benzene rings is 1. The second-order valence-corrected chi connectivity index (χ2v) is 7.27. The first-order valence-electron chi connectivity index (χ1n) is 8.49. The number of fused-ring (bicyclic) bond motifs is 1. The Labute approximate surface area is 152 Å². The molecule has 0 bridgehead atoms. The van der Waals surface area contributed by atoms with Gasteiger partial charge in [-0.2, -0.15) is 0 Å². The fourth-order valence-electron chi connectivity index (χ4n) is 2.72. The van der Waals surface area contributed by atoms with E-state index >= 15 is 0 Å². The lowest BCUT2D eigenvalue weighted by Gasteiger charge is -2.19. The molecule has 0 fully saturated rings. The third-order valence-electron chi connectivity index (χ3n) is 4.29. The van der Waals surface area contributed by atoms with Crippen LogP contribution in [0.1, 0.15) is 47.1 Å². The molecule has 0 unspecified atom stereocenters. The largest absolute Gasteiger partial charge is 0.310 e. The van der Waals surface area contributed by atoms with Crippen molar-refractivity contribution in [2.45, 2.75) is 27.2 Å². The maximum absolute atomic E-state index is 12.4. The molecule has 1 N–H and O–H groups in total. The van der Waals surface area contributed by atoms with Crippen LogP contribution in [0.25, 0.3) is 0 Å². The van der Waals surface area contributed by atoms with Crippen LogP contribution in [0.4, 0.5) is 5.82 Å². The third-order valence-corrected chi connectivity index (χ3v) is 4.29. The molecule has 6 heteroatoms. The monoisotopic (exact) mass is 351 g/mol. The molecule has 0 saturated carbocycles. The Bertz CT molecular complexity index is 849. The zero-order valence-corrected chi connectivity index (χ0v) is 15.1. The fraction of sp³-hybridized carbons (Fsp3) is 0.300. The van der Waals surface area contributed by atoms with E-state index < -0.39 is 5.41 Å². The second-order valence-electron chi connectivity index (χ2n) is 7.27. The third kappa shape index (κ3) is 3.35. The number of aromatic nitrogens is 1. The summed E-state index contributed by atoms with van der Waals surface area (Å²) in [6, 6.07) is 10.4. The van der Waals surface area contributed by atoms with E-state index in [2.05, 4.69) is 10.3 Å². The Morgan fingerprint density at radius 3 is 2.23 bits per heavy atom. The molecule has 6 nitrogen and oxygen atoms in total. The molecule has 0 radical (unpaired) electrons. The van der Waals surface area contributed by atoms with Gasteiger partial charge in [-0.15, -0.1) is 0 Å². The molecule has 2 heterocycles. The summed E-state index contributed by atoms with van der Waals surface area (Å²) in [6.45, 7) is 5.70. The van der Waals surface area contributed by atoms with Gasteiger partial charge in [-0.25, -0.2) is 4.98 Å². The quantitative estimate of drug-likeness (QED) is 0.859. The van der Waals surface area contributed by atoms with Crippen molar-refractivity contribution in [3.8, 4) is 0 Å². The molecule has 0 saturated heterocycles. The molecule has 2 aromatic rings. The molecule has 26 heavy (non-hydrogen) atoms. The molecule has 1 aliphatic rings. The number of anilines is 1. The highest BCUT2D eigenvalue weighted by molar-refractivity contribution is 6.21. The molecule has 134 valence electrons. The predicted octanol–water partition coefficient (Wildman–Crippen LogP) is 2.90. The molecule has 0 aliphatic carbocycles. The first-order valence-corrected chi connectivity index (χ1v) is 8.49. The second kappa shape index (κ2) is 6.71. The van der Waals surface area contributed by atoms with Crippen LogP contribution in [-0.4, -0.2) is 34.2 Å². The molecule has 0 spiro atoms. The van der Waals surface area contributed by atoms with Crippen molar-refractivity contribution in [1.82, 2.24) is 9.88 Å². The van der Waals surface area contributed by atoms with Crippen LogP contribution < -0.4 is 5.32 Å². The number of imide groups is 1. The van der Waals surface area contributed by atoms with Crippen LogP contribution in [-0.2, 0) is 11.2 Å². The van der Waals surface area contributed by atoms with E-state index in [1.807, 2.05) is 26.8 Å². The van der Waals surface area contributed by atoms with E-state index in [0.29, 0.717) is 23.4 Å². The summed E-state index contributed by atoms with van der Waals surface area (Å²) in [5.74, 6) is -0.244. The van der Waals surface area contributed by atoms with E-state index in [1.165, 1.54) is 4.90 Å². The average Bonchev–Trinajstić information content (AvgIpc) is 2.85. The number of hydrogen-bond acceptors (Lipinski definition) is 4. The fourth-order valence-corrected chi connectivity index (χ4v) is 2.72. The highest BCUT2D eigenvalue weighted by Crippen LogP contribution is 2.24. The summed E-state index contributed by atoms with van der Waals surface area (Å²) in [5, 5.41) is 2.83. The molecule has 1 aromatic carbocycles. The maximum Gasteiger partial charge on any atom is 0.261 e. The highest BCUT2D eigenvalue weighted by Gasteiger charge is 2.34. The molecule has 3 rings (SSSR count). The van der Waals surface area contributed by atoms with E-state index in [1.54, 1.807) is 36.5 Å². The number of rotatable bonds is 4. The maximum atomic E-state index is 12.4. The number of nitrogens with zero attached hydrogens (tertiary/aromatic N) is 2. The van der Waals surface area contributed by atoms with Crippen LogP contribution in [0.3, 0.4) is 0 Å². The predicted molar refractivity (Wildman–Crippen MR) is 97.8 cm³/mol. The minimum atomic E-state index is -0.544. The minimum Gasteiger partial charge on any atom is -0.310 e. The number of pyridine rings is 1. The van der Waals surface area contributed by atoms with Gasteiger partial charge in [-0.05, 0) is 30.2 Å².